The number of aromatic nitrogens is 2. The first kappa shape index (κ1) is 11.3. The molecule has 1 aliphatic rings. The van der Waals surface area contributed by atoms with Crippen molar-refractivity contribution >= 4 is 0 Å². The van der Waals surface area contributed by atoms with Crippen molar-refractivity contribution in [2.75, 3.05) is 7.11 Å². The van der Waals surface area contributed by atoms with Gasteiger partial charge in [-0.15, -0.1) is 0 Å². The van der Waals surface area contributed by atoms with Crippen molar-refractivity contribution in [3.63, 3.8) is 0 Å². The third-order valence-electron chi connectivity index (χ3n) is 3.26. The molecule has 4 heteroatoms. The van der Waals surface area contributed by atoms with Gasteiger partial charge in [0.25, 0.3) is 0 Å². The average Bonchev–Trinajstić information content (AvgIpc) is 3.18. The summed E-state index contributed by atoms with van der Waals surface area (Å²) in [5.74, 6) is 1.37. The summed E-state index contributed by atoms with van der Waals surface area (Å²) in [6, 6.07) is 9.81. The third-order valence-corrected chi connectivity index (χ3v) is 3.26. The Bertz CT molecular complexity index is 559. The molecule has 0 amide bonds. The quantitative estimate of drug-likeness (QED) is 0.897. The molecule has 1 aliphatic carbocycles. The fraction of sp³-hybridized carbons (Fsp3) is 0.357. The van der Waals surface area contributed by atoms with E-state index in [4.69, 9.17) is 4.74 Å². The molecule has 1 heterocycles. The van der Waals surface area contributed by atoms with Crippen molar-refractivity contribution < 1.29 is 9.84 Å². The number of rotatable bonds is 4. The fourth-order valence-electron chi connectivity index (χ4n) is 2.19. The number of hydrogen-bond acceptors (Lipinski definition) is 3. The van der Waals surface area contributed by atoms with E-state index in [0.717, 1.165) is 11.4 Å². The van der Waals surface area contributed by atoms with E-state index in [-0.39, 0.29) is 6.61 Å². The summed E-state index contributed by atoms with van der Waals surface area (Å²) in [4.78, 5) is 0. The minimum atomic E-state index is -0.0259. The maximum absolute atomic E-state index is 9.24. The van der Waals surface area contributed by atoms with Crippen LogP contribution >= 0.6 is 0 Å². The second-order valence-electron chi connectivity index (χ2n) is 4.58. The first-order chi connectivity index (χ1) is 8.83. The number of methoxy groups -OCH3 is 1. The zero-order valence-electron chi connectivity index (χ0n) is 10.3. The minimum Gasteiger partial charge on any atom is -0.494 e. The van der Waals surface area contributed by atoms with Crippen LogP contribution in [0.1, 0.15) is 30.1 Å². The molecule has 0 radical (unpaired) electrons. The van der Waals surface area contributed by atoms with Crippen LogP contribution < -0.4 is 4.74 Å². The van der Waals surface area contributed by atoms with E-state index in [1.165, 1.54) is 18.5 Å². The lowest BCUT2D eigenvalue weighted by atomic mass is 10.2. The molecule has 0 saturated heterocycles. The molecule has 18 heavy (non-hydrogen) atoms. The van der Waals surface area contributed by atoms with Crippen LogP contribution in [0.5, 0.6) is 5.75 Å². The zero-order valence-corrected chi connectivity index (χ0v) is 10.3. The van der Waals surface area contributed by atoms with Gasteiger partial charge >= 0.3 is 0 Å². The van der Waals surface area contributed by atoms with E-state index in [1.807, 2.05) is 35.0 Å². The molecular weight excluding hydrogens is 228 g/mol. The lowest BCUT2D eigenvalue weighted by molar-refractivity contribution is 0.276. The van der Waals surface area contributed by atoms with Crippen LogP contribution in [0.3, 0.4) is 0 Å². The Morgan fingerprint density at radius 1 is 1.39 bits per heavy atom. The van der Waals surface area contributed by atoms with E-state index < -0.39 is 0 Å². The Kier molecular flexibility index (Phi) is 2.80. The molecule has 0 bridgehead atoms. The largest absolute Gasteiger partial charge is 0.494 e. The number of benzene rings is 1. The summed E-state index contributed by atoms with van der Waals surface area (Å²) >= 11 is 0. The van der Waals surface area contributed by atoms with E-state index in [0.29, 0.717) is 11.6 Å². The summed E-state index contributed by atoms with van der Waals surface area (Å²) in [7, 11) is 1.66. The second kappa shape index (κ2) is 4.46. The number of aliphatic hydroxyl groups is 1. The van der Waals surface area contributed by atoms with Gasteiger partial charge in [0.1, 0.15) is 11.4 Å². The SMILES string of the molecule is COc1ccccc1-n1nc(CO)cc1C1CC1. The maximum atomic E-state index is 9.24. The minimum absolute atomic E-state index is 0.0259. The highest BCUT2D eigenvalue weighted by Crippen LogP contribution is 2.41. The van der Waals surface area contributed by atoms with Crippen LogP contribution in [0.4, 0.5) is 0 Å². The predicted molar refractivity (Wildman–Crippen MR) is 68.0 cm³/mol. The number of para-hydroxylation sites is 2. The van der Waals surface area contributed by atoms with Crippen molar-refractivity contribution in [1.29, 1.82) is 0 Å². The highest BCUT2D eigenvalue weighted by molar-refractivity contribution is 5.47. The van der Waals surface area contributed by atoms with Crippen molar-refractivity contribution in [2.24, 2.45) is 0 Å². The predicted octanol–water partition coefficient (Wildman–Crippen LogP) is 2.25. The number of ether oxygens (including phenoxy) is 1. The summed E-state index contributed by atoms with van der Waals surface area (Å²) in [5, 5.41) is 13.7. The van der Waals surface area contributed by atoms with Gasteiger partial charge in [-0.25, -0.2) is 4.68 Å². The molecule has 94 valence electrons. The van der Waals surface area contributed by atoms with Crippen molar-refractivity contribution in [3.05, 3.63) is 41.7 Å². The summed E-state index contributed by atoms with van der Waals surface area (Å²) in [6.45, 7) is -0.0259. The highest BCUT2D eigenvalue weighted by Gasteiger charge is 2.29. The van der Waals surface area contributed by atoms with Crippen LogP contribution in [-0.2, 0) is 6.61 Å². The van der Waals surface area contributed by atoms with Crippen LogP contribution in [-0.4, -0.2) is 22.0 Å². The van der Waals surface area contributed by atoms with Gasteiger partial charge in [0.15, 0.2) is 0 Å². The Morgan fingerprint density at radius 3 is 2.83 bits per heavy atom. The molecule has 2 aromatic rings. The molecule has 3 rings (SSSR count). The molecule has 0 atom stereocenters. The van der Waals surface area contributed by atoms with Gasteiger partial charge in [-0.3, -0.25) is 0 Å². The molecule has 1 saturated carbocycles. The Labute approximate surface area is 106 Å². The lowest BCUT2D eigenvalue weighted by Crippen LogP contribution is -2.03. The van der Waals surface area contributed by atoms with Gasteiger partial charge in [-0.05, 0) is 31.0 Å². The van der Waals surface area contributed by atoms with Crippen LogP contribution in [0.2, 0.25) is 0 Å². The Balaban J connectivity index is 2.12. The third kappa shape index (κ3) is 1.88. The summed E-state index contributed by atoms with van der Waals surface area (Å²) < 4.78 is 7.28. The van der Waals surface area contributed by atoms with Crippen LogP contribution in [0.25, 0.3) is 5.69 Å². The lowest BCUT2D eigenvalue weighted by Gasteiger charge is -2.10. The molecule has 4 nitrogen and oxygen atoms in total. The average molecular weight is 244 g/mol. The molecule has 0 spiro atoms. The maximum Gasteiger partial charge on any atom is 0.144 e. The topological polar surface area (TPSA) is 47.3 Å². The fourth-order valence-corrected chi connectivity index (χ4v) is 2.19. The van der Waals surface area contributed by atoms with Gasteiger partial charge in [0.05, 0.1) is 19.4 Å². The van der Waals surface area contributed by atoms with Gasteiger partial charge in [-0.1, -0.05) is 12.1 Å². The van der Waals surface area contributed by atoms with Gasteiger partial charge < -0.3 is 9.84 Å². The molecule has 1 aromatic carbocycles. The first-order valence-corrected chi connectivity index (χ1v) is 6.16. The Morgan fingerprint density at radius 2 is 2.17 bits per heavy atom. The smallest absolute Gasteiger partial charge is 0.144 e. The summed E-state index contributed by atoms with van der Waals surface area (Å²) in [5.41, 5.74) is 2.81. The molecule has 1 aromatic heterocycles. The number of hydrogen-bond donors (Lipinski definition) is 1. The number of nitrogens with zero attached hydrogens (tertiary/aromatic N) is 2. The summed E-state index contributed by atoms with van der Waals surface area (Å²) in [6.07, 6.45) is 2.40. The molecular formula is C14H16N2O2. The van der Waals surface area contributed by atoms with E-state index in [9.17, 15) is 5.11 Å². The van der Waals surface area contributed by atoms with Gasteiger partial charge in [0, 0.05) is 11.6 Å². The highest BCUT2D eigenvalue weighted by atomic mass is 16.5. The van der Waals surface area contributed by atoms with E-state index >= 15 is 0 Å². The van der Waals surface area contributed by atoms with Crippen LogP contribution in [0.15, 0.2) is 30.3 Å². The zero-order chi connectivity index (χ0) is 12.5. The van der Waals surface area contributed by atoms with Crippen molar-refractivity contribution in [2.45, 2.75) is 25.4 Å². The van der Waals surface area contributed by atoms with E-state index in [1.54, 1.807) is 7.11 Å². The molecule has 0 aliphatic heterocycles. The standard InChI is InChI=1S/C14H16N2O2/c1-18-14-5-3-2-4-12(14)16-13(10-6-7-10)8-11(9-17)15-16/h2-5,8,10,17H,6-7,9H2,1H3. The normalized spacial score (nSPS) is 14.8. The number of aliphatic hydroxyl groups excluding tert-OH is 1. The molecule has 1 N–H and O–H groups in total. The van der Waals surface area contributed by atoms with E-state index in [2.05, 4.69) is 5.10 Å². The second-order valence-corrected chi connectivity index (χ2v) is 4.58. The van der Waals surface area contributed by atoms with Crippen LogP contribution in [0, 0.1) is 0 Å². The monoisotopic (exact) mass is 244 g/mol. The van der Waals surface area contributed by atoms with Crippen molar-refractivity contribution in [1.82, 2.24) is 9.78 Å². The van der Waals surface area contributed by atoms with Crippen molar-refractivity contribution in [3.8, 4) is 11.4 Å². The molecule has 0 unspecified atom stereocenters. The molecule has 1 fully saturated rings. The van der Waals surface area contributed by atoms with Gasteiger partial charge in [-0.2, -0.15) is 5.10 Å². The Hall–Kier alpha value is -1.81. The van der Waals surface area contributed by atoms with Gasteiger partial charge in [0.2, 0.25) is 0 Å². The first-order valence-electron chi connectivity index (χ1n) is 6.16.